The molecule has 0 aliphatic carbocycles. The first-order valence-electron chi connectivity index (χ1n) is 8.63. The molecule has 0 aliphatic rings. The fourth-order valence-corrected chi connectivity index (χ4v) is 2.71. The van der Waals surface area contributed by atoms with Crippen LogP contribution in [-0.2, 0) is 4.79 Å². The Kier molecular flexibility index (Phi) is 5.64. The molecule has 2 aromatic carbocycles. The van der Waals surface area contributed by atoms with Gasteiger partial charge in [-0.25, -0.2) is 0 Å². The molecule has 1 aromatic heterocycles. The average molecular weight is 377 g/mol. The molecule has 28 heavy (non-hydrogen) atoms. The molecule has 0 saturated carbocycles. The smallest absolute Gasteiger partial charge is 0.254 e. The van der Waals surface area contributed by atoms with Gasteiger partial charge in [0.15, 0.2) is 11.6 Å². The van der Waals surface area contributed by atoms with E-state index in [4.69, 9.17) is 4.52 Å². The van der Waals surface area contributed by atoms with E-state index in [1.54, 1.807) is 61.5 Å². The maximum Gasteiger partial charge on any atom is 0.254 e. The lowest BCUT2D eigenvalue weighted by Gasteiger charge is -2.18. The molecule has 0 atom stereocenters. The average Bonchev–Trinajstić information content (AvgIpc) is 3.11. The first-order valence-corrected chi connectivity index (χ1v) is 8.63. The van der Waals surface area contributed by atoms with Crippen LogP contribution in [0.5, 0.6) is 0 Å². The van der Waals surface area contributed by atoms with Crippen LogP contribution in [0.2, 0.25) is 0 Å². The Morgan fingerprint density at radius 2 is 1.64 bits per heavy atom. The largest absolute Gasteiger partial charge is 0.360 e. The van der Waals surface area contributed by atoms with Crippen LogP contribution < -0.4 is 5.32 Å². The SMILES string of the molecule is Cc1cc(NC(=O)CN(C)C(=O)c2ccccc2C(=O)c2ccccc2)no1. The summed E-state index contributed by atoms with van der Waals surface area (Å²) >= 11 is 0. The van der Waals surface area contributed by atoms with Gasteiger partial charge in [-0.05, 0) is 13.0 Å². The zero-order valence-corrected chi connectivity index (χ0v) is 15.5. The number of carbonyl (C=O) groups is 3. The van der Waals surface area contributed by atoms with Gasteiger partial charge in [-0.1, -0.05) is 53.7 Å². The van der Waals surface area contributed by atoms with Crippen LogP contribution >= 0.6 is 0 Å². The maximum absolute atomic E-state index is 12.9. The van der Waals surface area contributed by atoms with Gasteiger partial charge in [-0.3, -0.25) is 14.4 Å². The van der Waals surface area contributed by atoms with Crippen molar-refractivity contribution in [1.82, 2.24) is 10.1 Å². The third-order valence-electron chi connectivity index (χ3n) is 4.06. The van der Waals surface area contributed by atoms with E-state index in [1.165, 1.54) is 11.9 Å². The minimum atomic E-state index is -0.425. The summed E-state index contributed by atoms with van der Waals surface area (Å²) in [6.45, 7) is 1.51. The van der Waals surface area contributed by atoms with Crippen molar-refractivity contribution in [3.8, 4) is 0 Å². The number of anilines is 1. The molecule has 0 aliphatic heterocycles. The number of hydrogen-bond donors (Lipinski definition) is 1. The zero-order chi connectivity index (χ0) is 20.1. The third kappa shape index (κ3) is 4.32. The molecule has 3 aromatic rings. The van der Waals surface area contributed by atoms with Crippen LogP contribution in [0, 0.1) is 6.92 Å². The van der Waals surface area contributed by atoms with E-state index < -0.39 is 11.8 Å². The van der Waals surface area contributed by atoms with E-state index >= 15 is 0 Å². The molecule has 142 valence electrons. The zero-order valence-electron chi connectivity index (χ0n) is 15.5. The Hall–Kier alpha value is -3.74. The summed E-state index contributed by atoms with van der Waals surface area (Å²) in [7, 11) is 1.50. The van der Waals surface area contributed by atoms with Gasteiger partial charge in [0.25, 0.3) is 5.91 Å². The Balaban J connectivity index is 1.75. The number of nitrogens with zero attached hydrogens (tertiary/aromatic N) is 2. The fraction of sp³-hybridized carbons (Fsp3) is 0.143. The van der Waals surface area contributed by atoms with Gasteiger partial charge in [0.05, 0.1) is 12.1 Å². The van der Waals surface area contributed by atoms with Crippen molar-refractivity contribution in [1.29, 1.82) is 0 Å². The molecule has 0 radical (unpaired) electrons. The highest BCUT2D eigenvalue weighted by Crippen LogP contribution is 2.16. The molecule has 7 heteroatoms. The molecule has 1 heterocycles. The highest BCUT2D eigenvalue weighted by atomic mass is 16.5. The lowest BCUT2D eigenvalue weighted by Crippen LogP contribution is -2.35. The predicted octanol–water partition coefficient (Wildman–Crippen LogP) is 2.92. The Morgan fingerprint density at radius 3 is 2.29 bits per heavy atom. The molecule has 0 saturated heterocycles. The van der Waals surface area contributed by atoms with Gasteiger partial charge in [-0.2, -0.15) is 0 Å². The second-order valence-corrected chi connectivity index (χ2v) is 6.27. The molecule has 2 amide bonds. The van der Waals surface area contributed by atoms with Crippen molar-refractivity contribution in [2.75, 3.05) is 18.9 Å². The van der Waals surface area contributed by atoms with Gasteiger partial charge in [0.2, 0.25) is 5.91 Å². The fourth-order valence-electron chi connectivity index (χ4n) is 2.71. The standard InChI is InChI=1S/C21H19N3O4/c1-14-12-18(23-28-14)22-19(25)13-24(2)21(27)17-11-7-6-10-16(17)20(26)15-8-4-3-5-9-15/h3-12H,13H2,1-2H3,(H,22,23,25). The van der Waals surface area contributed by atoms with Gasteiger partial charge >= 0.3 is 0 Å². The van der Waals surface area contributed by atoms with Crippen molar-refractivity contribution in [3.63, 3.8) is 0 Å². The number of nitrogens with one attached hydrogen (secondary N) is 1. The summed E-state index contributed by atoms with van der Waals surface area (Å²) in [6.07, 6.45) is 0. The lowest BCUT2D eigenvalue weighted by molar-refractivity contribution is -0.116. The van der Waals surface area contributed by atoms with E-state index in [-0.39, 0.29) is 29.3 Å². The van der Waals surface area contributed by atoms with Crippen LogP contribution in [-0.4, -0.2) is 41.2 Å². The summed E-state index contributed by atoms with van der Waals surface area (Å²) in [5.41, 5.74) is 1.02. The summed E-state index contributed by atoms with van der Waals surface area (Å²) in [5, 5.41) is 6.24. The monoisotopic (exact) mass is 377 g/mol. The first kappa shape index (κ1) is 19.0. The second kappa shape index (κ2) is 8.30. The topological polar surface area (TPSA) is 92.5 Å². The van der Waals surface area contributed by atoms with Crippen molar-refractivity contribution in [2.24, 2.45) is 0 Å². The number of hydrogen-bond acceptors (Lipinski definition) is 5. The highest BCUT2D eigenvalue weighted by Gasteiger charge is 2.22. The van der Waals surface area contributed by atoms with Crippen LogP contribution in [0.1, 0.15) is 32.0 Å². The summed E-state index contributed by atoms with van der Waals surface area (Å²) in [5.74, 6) is -0.251. The van der Waals surface area contributed by atoms with E-state index in [0.29, 0.717) is 11.3 Å². The third-order valence-corrected chi connectivity index (χ3v) is 4.06. The minimum absolute atomic E-state index is 0.196. The van der Waals surface area contributed by atoms with Crippen molar-refractivity contribution in [2.45, 2.75) is 6.92 Å². The summed E-state index contributed by atoms with van der Waals surface area (Å²) < 4.78 is 4.89. The molecule has 0 fully saturated rings. The number of amides is 2. The maximum atomic E-state index is 12.9. The number of carbonyl (C=O) groups excluding carboxylic acids is 3. The molecule has 7 nitrogen and oxygen atoms in total. The summed E-state index contributed by atoms with van der Waals surface area (Å²) in [4.78, 5) is 39.0. The van der Waals surface area contributed by atoms with Crippen LogP contribution in [0.3, 0.4) is 0 Å². The molecular weight excluding hydrogens is 358 g/mol. The molecule has 3 rings (SSSR count). The Morgan fingerprint density at radius 1 is 1.00 bits per heavy atom. The van der Waals surface area contributed by atoms with E-state index in [1.807, 2.05) is 6.07 Å². The number of ketones is 1. The number of aryl methyl sites for hydroxylation is 1. The van der Waals surface area contributed by atoms with Crippen molar-refractivity contribution < 1.29 is 18.9 Å². The number of benzene rings is 2. The molecule has 0 spiro atoms. The van der Waals surface area contributed by atoms with E-state index in [0.717, 1.165) is 0 Å². The van der Waals surface area contributed by atoms with Crippen LogP contribution in [0.4, 0.5) is 5.82 Å². The van der Waals surface area contributed by atoms with Gasteiger partial charge in [0.1, 0.15) is 5.76 Å². The Labute approximate surface area is 161 Å². The number of likely N-dealkylation sites (N-methyl/N-ethyl adjacent to an activating group) is 1. The normalized spacial score (nSPS) is 10.4. The highest BCUT2D eigenvalue weighted by molar-refractivity contribution is 6.15. The van der Waals surface area contributed by atoms with Crippen LogP contribution in [0.15, 0.2) is 65.2 Å². The number of rotatable bonds is 6. The number of aromatic nitrogens is 1. The van der Waals surface area contributed by atoms with Crippen molar-refractivity contribution in [3.05, 3.63) is 83.1 Å². The quantitative estimate of drug-likeness (QED) is 0.667. The molecule has 0 bridgehead atoms. The second-order valence-electron chi connectivity index (χ2n) is 6.27. The van der Waals surface area contributed by atoms with E-state index in [9.17, 15) is 14.4 Å². The first-order chi connectivity index (χ1) is 13.5. The van der Waals surface area contributed by atoms with Crippen LogP contribution in [0.25, 0.3) is 0 Å². The van der Waals surface area contributed by atoms with Gasteiger partial charge in [-0.15, -0.1) is 0 Å². The van der Waals surface area contributed by atoms with E-state index in [2.05, 4.69) is 10.5 Å². The predicted molar refractivity (Wildman–Crippen MR) is 103 cm³/mol. The van der Waals surface area contributed by atoms with Gasteiger partial charge < -0.3 is 14.7 Å². The molecular formula is C21H19N3O4. The van der Waals surface area contributed by atoms with Gasteiger partial charge in [0, 0.05) is 24.2 Å². The van der Waals surface area contributed by atoms with Crippen molar-refractivity contribution >= 4 is 23.4 Å². The molecule has 0 unspecified atom stereocenters. The lowest BCUT2D eigenvalue weighted by atomic mass is 9.97. The minimum Gasteiger partial charge on any atom is -0.360 e. The molecule has 1 N–H and O–H groups in total. The summed E-state index contributed by atoms with van der Waals surface area (Å²) in [6, 6.07) is 16.9. The Bertz CT molecular complexity index is 1010.